The Labute approximate surface area is 160 Å². The van der Waals surface area contributed by atoms with E-state index in [0.717, 1.165) is 35.6 Å². The second-order valence-corrected chi connectivity index (χ2v) is 7.09. The lowest BCUT2D eigenvalue weighted by atomic mass is 10.1. The van der Waals surface area contributed by atoms with Gasteiger partial charge in [0.25, 0.3) is 5.91 Å². The first-order valence-corrected chi connectivity index (χ1v) is 9.99. The van der Waals surface area contributed by atoms with E-state index >= 15 is 0 Å². The largest absolute Gasteiger partial charge is 0.494 e. The van der Waals surface area contributed by atoms with Crippen molar-refractivity contribution in [3.63, 3.8) is 0 Å². The average Bonchev–Trinajstić information content (AvgIpc) is 3.07. The summed E-state index contributed by atoms with van der Waals surface area (Å²) in [5.41, 5.74) is 2.05. The van der Waals surface area contributed by atoms with Crippen LogP contribution in [0, 0.1) is 11.3 Å². The summed E-state index contributed by atoms with van der Waals surface area (Å²) in [6.45, 7) is 7.19. The van der Waals surface area contributed by atoms with E-state index < -0.39 is 0 Å². The third kappa shape index (κ3) is 4.86. The normalized spacial score (nSPS) is 10.4. The van der Waals surface area contributed by atoms with E-state index in [1.807, 2.05) is 37.3 Å². The van der Waals surface area contributed by atoms with Gasteiger partial charge in [-0.25, -0.2) is 0 Å². The number of amides is 1. The minimum absolute atomic E-state index is 0.0357. The van der Waals surface area contributed by atoms with Crippen LogP contribution in [0.1, 0.15) is 53.7 Å². The molecule has 5 heteroatoms. The zero-order valence-corrected chi connectivity index (χ0v) is 16.6. The fourth-order valence-corrected chi connectivity index (χ4v) is 4.15. The maximum absolute atomic E-state index is 13.1. The number of hydrogen-bond donors (Lipinski definition) is 0. The van der Waals surface area contributed by atoms with Crippen LogP contribution in [0.15, 0.2) is 30.3 Å². The molecule has 1 amide bonds. The molecule has 0 aliphatic rings. The summed E-state index contributed by atoms with van der Waals surface area (Å²) in [5.74, 6) is 0.741. The average molecular weight is 371 g/mol. The number of benzene rings is 1. The monoisotopic (exact) mass is 370 g/mol. The SMILES string of the molecule is CCCc1sc(C(=O)N(CCC#N)c2ccc(OCC)cc2)cc1CC. The predicted octanol–water partition coefficient (Wildman–Crippen LogP) is 5.22. The number of rotatable bonds is 9. The van der Waals surface area contributed by atoms with Gasteiger partial charge in [0.05, 0.1) is 24.0 Å². The molecule has 0 spiro atoms. The molecule has 0 bridgehead atoms. The Kier molecular flexibility index (Phi) is 7.68. The molecule has 1 aromatic heterocycles. The number of nitriles is 1. The van der Waals surface area contributed by atoms with Crippen LogP contribution >= 0.6 is 11.3 Å². The van der Waals surface area contributed by atoms with Crippen LogP contribution < -0.4 is 9.64 Å². The number of nitrogens with zero attached hydrogens (tertiary/aromatic N) is 2. The summed E-state index contributed by atoms with van der Waals surface area (Å²) < 4.78 is 5.47. The molecular formula is C21H26N2O2S. The minimum atomic E-state index is -0.0357. The molecule has 0 fully saturated rings. The van der Waals surface area contributed by atoms with Crippen LogP contribution in [0.3, 0.4) is 0 Å². The van der Waals surface area contributed by atoms with Gasteiger partial charge in [-0.3, -0.25) is 4.79 Å². The summed E-state index contributed by atoms with van der Waals surface area (Å²) in [7, 11) is 0. The molecule has 0 aliphatic carbocycles. The van der Waals surface area contributed by atoms with Gasteiger partial charge in [0.1, 0.15) is 5.75 Å². The minimum Gasteiger partial charge on any atom is -0.494 e. The second kappa shape index (κ2) is 9.98. The first-order chi connectivity index (χ1) is 12.6. The molecule has 2 aromatic rings. The van der Waals surface area contributed by atoms with E-state index in [4.69, 9.17) is 10.00 Å². The number of carbonyl (C=O) groups is 1. The van der Waals surface area contributed by atoms with Crippen molar-refractivity contribution in [2.24, 2.45) is 0 Å². The van der Waals surface area contributed by atoms with Gasteiger partial charge in [0, 0.05) is 17.1 Å². The highest BCUT2D eigenvalue weighted by Gasteiger charge is 2.21. The highest BCUT2D eigenvalue weighted by Crippen LogP contribution is 2.28. The predicted molar refractivity (Wildman–Crippen MR) is 107 cm³/mol. The third-order valence-corrected chi connectivity index (χ3v) is 5.34. The van der Waals surface area contributed by atoms with Gasteiger partial charge >= 0.3 is 0 Å². The highest BCUT2D eigenvalue weighted by atomic mass is 32.1. The van der Waals surface area contributed by atoms with Gasteiger partial charge in [-0.1, -0.05) is 20.3 Å². The van der Waals surface area contributed by atoms with E-state index in [1.165, 1.54) is 10.4 Å². The van der Waals surface area contributed by atoms with Crippen LogP contribution in [0.5, 0.6) is 5.75 Å². The van der Waals surface area contributed by atoms with E-state index in [1.54, 1.807) is 16.2 Å². The summed E-state index contributed by atoms with van der Waals surface area (Å²) in [5, 5.41) is 8.98. The maximum Gasteiger partial charge on any atom is 0.268 e. The molecule has 1 aromatic carbocycles. The molecular weight excluding hydrogens is 344 g/mol. The number of anilines is 1. The number of carbonyl (C=O) groups excluding carboxylic acids is 1. The van der Waals surface area contributed by atoms with Crippen LogP contribution in [-0.2, 0) is 12.8 Å². The van der Waals surface area contributed by atoms with Crippen molar-refractivity contribution >= 4 is 22.9 Å². The standard InChI is InChI=1S/C21H26N2O2S/c1-4-8-19-16(5-2)15-20(26-19)21(24)23(14-7-13-22)17-9-11-18(12-10-17)25-6-3/h9-12,15H,4-8,14H2,1-3H3. The first kappa shape index (κ1) is 20.0. The summed E-state index contributed by atoms with van der Waals surface area (Å²) >= 11 is 1.59. The van der Waals surface area contributed by atoms with E-state index in [2.05, 4.69) is 19.9 Å². The maximum atomic E-state index is 13.1. The molecule has 1 heterocycles. The number of ether oxygens (including phenoxy) is 1. The zero-order valence-electron chi connectivity index (χ0n) is 15.7. The molecule has 26 heavy (non-hydrogen) atoms. The van der Waals surface area contributed by atoms with E-state index in [0.29, 0.717) is 19.6 Å². The lowest BCUT2D eigenvalue weighted by Gasteiger charge is -2.21. The lowest BCUT2D eigenvalue weighted by molar-refractivity contribution is 0.0991. The third-order valence-electron chi connectivity index (χ3n) is 4.12. The van der Waals surface area contributed by atoms with Gasteiger partial charge in [0.2, 0.25) is 0 Å². The van der Waals surface area contributed by atoms with Crippen molar-refractivity contribution in [3.05, 3.63) is 45.6 Å². The topological polar surface area (TPSA) is 53.3 Å². The van der Waals surface area contributed by atoms with Gasteiger partial charge < -0.3 is 9.64 Å². The summed E-state index contributed by atoms with van der Waals surface area (Å²) in [4.78, 5) is 16.9. The van der Waals surface area contributed by atoms with Crippen molar-refractivity contribution in [1.82, 2.24) is 0 Å². The van der Waals surface area contributed by atoms with Gasteiger partial charge in [-0.2, -0.15) is 5.26 Å². The lowest BCUT2D eigenvalue weighted by Crippen LogP contribution is -2.31. The molecule has 138 valence electrons. The quantitative estimate of drug-likeness (QED) is 0.608. The highest BCUT2D eigenvalue weighted by molar-refractivity contribution is 7.14. The van der Waals surface area contributed by atoms with Crippen LogP contribution in [0.4, 0.5) is 5.69 Å². The van der Waals surface area contributed by atoms with Gasteiger partial charge in [0.15, 0.2) is 0 Å². The van der Waals surface area contributed by atoms with Crippen molar-refractivity contribution in [2.45, 2.75) is 46.5 Å². The molecule has 0 saturated heterocycles. The van der Waals surface area contributed by atoms with Crippen molar-refractivity contribution in [2.75, 3.05) is 18.1 Å². The molecule has 0 atom stereocenters. The van der Waals surface area contributed by atoms with E-state index in [-0.39, 0.29) is 5.91 Å². The Morgan fingerprint density at radius 1 is 1.23 bits per heavy atom. The van der Waals surface area contributed by atoms with Crippen molar-refractivity contribution in [3.8, 4) is 11.8 Å². The number of aryl methyl sites for hydroxylation is 2. The molecule has 0 N–H and O–H groups in total. The Balaban J connectivity index is 2.30. The second-order valence-electron chi connectivity index (χ2n) is 5.95. The van der Waals surface area contributed by atoms with Crippen molar-refractivity contribution in [1.29, 1.82) is 5.26 Å². The Morgan fingerprint density at radius 2 is 1.96 bits per heavy atom. The summed E-state index contributed by atoms with van der Waals surface area (Å²) in [6.07, 6.45) is 3.30. The molecule has 0 unspecified atom stereocenters. The zero-order chi connectivity index (χ0) is 18.9. The fourth-order valence-electron chi connectivity index (χ4n) is 2.84. The smallest absolute Gasteiger partial charge is 0.268 e. The van der Waals surface area contributed by atoms with Crippen LogP contribution in [0.25, 0.3) is 0 Å². The summed E-state index contributed by atoms with van der Waals surface area (Å²) in [6, 6.07) is 11.6. The number of hydrogen-bond acceptors (Lipinski definition) is 4. The first-order valence-electron chi connectivity index (χ1n) is 9.17. The molecule has 0 aliphatic heterocycles. The Hall–Kier alpha value is -2.32. The number of thiophene rings is 1. The molecule has 2 rings (SSSR count). The van der Waals surface area contributed by atoms with Crippen LogP contribution in [0.2, 0.25) is 0 Å². The molecule has 4 nitrogen and oxygen atoms in total. The molecule has 0 saturated carbocycles. The Morgan fingerprint density at radius 3 is 2.54 bits per heavy atom. The van der Waals surface area contributed by atoms with Gasteiger partial charge in [-0.15, -0.1) is 11.3 Å². The van der Waals surface area contributed by atoms with Gasteiger partial charge in [-0.05, 0) is 55.7 Å². The fraction of sp³-hybridized carbons (Fsp3) is 0.429. The molecule has 0 radical (unpaired) electrons. The van der Waals surface area contributed by atoms with E-state index in [9.17, 15) is 4.79 Å². The Bertz CT molecular complexity index is 759. The van der Waals surface area contributed by atoms with Crippen LogP contribution in [-0.4, -0.2) is 19.1 Å². The van der Waals surface area contributed by atoms with Crippen molar-refractivity contribution < 1.29 is 9.53 Å².